The number of benzene rings is 2. The van der Waals surface area contributed by atoms with Crippen molar-refractivity contribution in [1.29, 1.82) is 0 Å². The molecule has 0 amide bonds. The average Bonchev–Trinajstić information content (AvgIpc) is 2.47. The molecule has 0 aliphatic heterocycles. The lowest BCUT2D eigenvalue weighted by atomic mass is 10.1. The molecule has 6 heteroatoms. The molecule has 4 nitrogen and oxygen atoms in total. The summed E-state index contributed by atoms with van der Waals surface area (Å²) in [4.78, 5) is 1.15. The second-order valence-corrected chi connectivity index (χ2v) is 7.14. The largest absolute Gasteiger partial charge is 0.389 e. The number of hydrogen-bond donors (Lipinski definition) is 2. The maximum absolute atomic E-state index is 12.3. The van der Waals surface area contributed by atoms with E-state index < -0.39 is 16.1 Å². The molecule has 0 fully saturated rings. The van der Waals surface area contributed by atoms with Gasteiger partial charge in [-0.15, -0.1) is 11.8 Å². The Balaban J connectivity index is 2.25. The predicted octanol–water partition coefficient (Wildman–Crippen LogP) is 3.26. The first-order valence-corrected chi connectivity index (χ1v) is 9.08. The summed E-state index contributed by atoms with van der Waals surface area (Å²) in [6, 6.07) is 13.4. The van der Waals surface area contributed by atoms with Gasteiger partial charge in [-0.3, -0.25) is 4.72 Å². The van der Waals surface area contributed by atoms with Gasteiger partial charge in [-0.2, -0.15) is 0 Å². The first kappa shape index (κ1) is 15.9. The van der Waals surface area contributed by atoms with E-state index in [0.29, 0.717) is 11.3 Å². The van der Waals surface area contributed by atoms with Crippen molar-refractivity contribution in [3.05, 3.63) is 54.1 Å². The third-order valence-electron chi connectivity index (χ3n) is 2.99. The highest BCUT2D eigenvalue weighted by molar-refractivity contribution is 7.98. The van der Waals surface area contributed by atoms with Gasteiger partial charge in [0, 0.05) is 10.6 Å². The lowest BCUT2D eigenvalue weighted by molar-refractivity contribution is 0.199. The van der Waals surface area contributed by atoms with Gasteiger partial charge < -0.3 is 5.11 Å². The highest BCUT2D eigenvalue weighted by Crippen LogP contribution is 2.22. The van der Waals surface area contributed by atoms with Crippen molar-refractivity contribution >= 4 is 27.5 Å². The Morgan fingerprint density at radius 2 is 1.81 bits per heavy atom. The number of thioether (sulfide) groups is 1. The van der Waals surface area contributed by atoms with E-state index in [-0.39, 0.29) is 4.90 Å². The standard InChI is InChI=1S/C15H17NO3S2/c1-11(17)12-6-8-15(9-7-12)21(18,19)16-13-4-3-5-14(10-13)20-2/h3-11,16-17H,1-2H3. The number of anilines is 1. The van der Waals surface area contributed by atoms with Crippen molar-refractivity contribution in [3.63, 3.8) is 0 Å². The molecule has 2 rings (SSSR count). The van der Waals surface area contributed by atoms with E-state index in [1.807, 2.05) is 12.3 Å². The SMILES string of the molecule is CSc1cccc(NS(=O)(=O)c2ccc(C(C)O)cc2)c1. The quantitative estimate of drug-likeness (QED) is 0.829. The molecule has 0 aromatic heterocycles. The van der Waals surface area contributed by atoms with Gasteiger partial charge in [-0.1, -0.05) is 18.2 Å². The number of nitrogens with one attached hydrogen (secondary N) is 1. The van der Waals surface area contributed by atoms with Crippen molar-refractivity contribution in [2.24, 2.45) is 0 Å². The van der Waals surface area contributed by atoms with E-state index in [0.717, 1.165) is 4.90 Å². The third kappa shape index (κ3) is 4.00. The molecule has 112 valence electrons. The van der Waals surface area contributed by atoms with Gasteiger partial charge in [0.25, 0.3) is 10.0 Å². The molecular weight excluding hydrogens is 306 g/mol. The normalized spacial score (nSPS) is 12.9. The molecule has 0 saturated heterocycles. The van der Waals surface area contributed by atoms with Crippen LogP contribution < -0.4 is 4.72 Å². The van der Waals surface area contributed by atoms with Crippen LogP contribution in [0.1, 0.15) is 18.6 Å². The fraction of sp³-hybridized carbons (Fsp3) is 0.200. The Kier molecular flexibility index (Phi) is 4.92. The van der Waals surface area contributed by atoms with Crippen LogP contribution in [0.3, 0.4) is 0 Å². The molecule has 0 saturated carbocycles. The number of sulfonamides is 1. The summed E-state index contributed by atoms with van der Waals surface area (Å²) in [6.07, 6.45) is 1.32. The topological polar surface area (TPSA) is 66.4 Å². The molecule has 0 aliphatic carbocycles. The minimum absolute atomic E-state index is 0.168. The van der Waals surface area contributed by atoms with Crippen LogP contribution in [0.2, 0.25) is 0 Å². The molecule has 1 unspecified atom stereocenters. The highest BCUT2D eigenvalue weighted by atomic mass is 32.2. The van der Waals surface area contributed by atoms with Gasteiger partial charge in [0.2, 0.25) is 0 Å². The molecule has 0 radical (unpaired) electrons. The van der Waals surface area contributed by atoms with Crippen molar-refractivity contribution in [2.75, 3.05) is 11.0 Å². The van der Waals surface area contributed by atoms with Crippen LogP contribution in [0.25, 0.3) is 0 Å². The van der Waals surface area contributed by atoms with Gasteiger partial charge in [0.1, 0.15) is 0 Å². The van der Waals surface area contributed by atoms with E-state index in [2.05, 4.69) is 4.72 Å². The fourth-order valence-corrected chi connectivity index (χ4v) is 3.34. The summed E-state index contributed by atoms with van der Waals surface area (Å²) >= 11 is 1.55. The van der Waals surface area contributed by atoms with E-state index >= 15 is 0 Å². The summed E-state index contributed by atoms with van der Waals surface area (Å²) in [6.45, 7) is 1.63. The molecule has 0 spiro atoms. The Bertz CT molecular complexity index is 710. The maximum atomic E-state index is 12.3. The predicted molar refractivity (Wildman–Crippen MR) is 86.1 cm³/mol. The third-order valence-corrected chi connectivity index (χ3v) is 5.12. The summed E-state index contributed by atoms with van der Waals surface area (Å²) < 4.78 is 27.2. The first-order valence-electron chi connectivity index (χ1n) is 6.37. The Morgan fingerprint density at radius 3 is 2.38 bits per heavy atom. The molecule has 2 aromatic rings. The first-order chi connectivity index (χ1) is 9.92. The van der Waals surface area contributed by atoms with E-state index in [4.69, 9.17) is 0 Å². The Morgan fingerprint density at radius 1 is 1.14 bits per heavy atom. The van der Waals surface area contributed by atoms with Gasteiger partial charge in [0.15, 0.2) is 0 Å². The Hall–Kier alpha value is -1.50. The lowest BCUT2D eigenvalue weighted by Gasteiger charge is -2.10. The second kappa shape index (κ2) is 6.51. The fourth-order valence-electron chi connectivity index (χ4n) is 1.83. The average molecular weight is 323 g/mol. The summed E-state index contributed by atoms with van der Waals surface area (Å²) in [5, 5.41) is 9.44. The molecule has 1 atom stereocenters. The number of hydrogen-bond acceptors (Lipinski definition) is 4. The van der Waals surface area contributed by atoms with E-state index in [9.17, 15) is 13.5 Å². The van der Waals surface area contributed by atoms with Crippen LogP contribution in [0, 0.1) is 0 Å². The van der Waals surface area contributed by atoms with Crippen LogP contribution in [0.4, 0.5) is 5.69 Å². The van der Waals surface area contributed by atoms with Crippen molar-refractivity contribution in [2.45, 2.75) is 22.8 Å². The van der Waals surface area contributed by atoms with Crippen molar-refractivity contribution < 1.29 is 13.5 Å². The minimum Gasteiger partial charge on any atom is -0.389 e. The van der Waals surface area contributed by atoms with E-state index in [1.165, 1.54) is 12.1 Å². The van der Waals surface area contributed by atoms with Crippen molar-refractivity contribution in [1.82, 2.24) is 0 Å². The smallest absolute Gasteiger partial charge is 0.261 e. The van der Waals surface area contributed by atoms with Crippen LogP contribution in [-0.2, 0) is 10.0 Å². The summed E-state index contributed by atoms with van der Waals surface area (Å²) in [5.41, 5.74) is 1.21. The zero-order valence-corrected chi connectivity index (χ0v) is 13.4. The van der Waals surface area contributed by atoms with Crippen LogP contribution in [-0.4, -0.2) is 19.8 Å². The zero-order chi connectivity index (χ0) is 15.5. The molecule has 0 aliphatic rings. The molecule has 21 heavy (non-hydrogen) atoms. The molecule has 0 heterocycles. The van der Waals surface area contributed by atoms with Crippen LogP contribution in [0.5, 0.6) is 0 Å². The molecule has 2 N–H and O–H groups in total. The number of aliphatic hydroxyl groups is 1. The van der Waals surface area contributed by atoms with E-state index in [1.54, 1.807) is 49.0 Å². The van der Waals surface area contributed by atoms with Gasteiger partial charge in [0.05, 0.1) is 11.0 Å². The van der Waals surface area contributed by atoms with Gasteiger partial charge in [-0.25, -0.2) is 8.42 Å². The van der Waals surface area contributed by atoms with Crippen LogP contribution >= 0.6 is 11.8 Å². The lowest BCUT2D eigenvalue weighted by Crippen LogP contribution is -2.13. The van der Waals surface area contributed by atoms with Crippen molar-refractivity contribution in [3.8, 4) is 0 Å². The zero-order valence-electron chi connectivity index (χ0n) is 11.8. The van der Waals surface area contributed by atoms with Gasteiger partial charge >= 0.3 is 0 Å². The minimum atomic E-state index is -3.62. The van der Waals surface area contributed by atoms with Gasteiger partial charge in [-0.05, 0) is 49.1 Å². The monoisotopic (exact) mass is 323 g/mol. The highest BCUT2D eigenvalue weighted by Gasteiger charge is 2.14. The second-order valence-electron chi connectivity index (χ2n) is 4.58. The number of rotatable bonds is 5. The van der Waals surface area contributed by atoms with Crippen LogP contribution in [0.15, 0.2) is 58.3 Å². The Labute approximate surface area is 129 Å². The summed E-state index contributed by atoms with van der Waals surface area (Å²) in [7, 11) is -3.62. The molecule has 2 aromatic carbocycles. The maximum Gasteiger partial charge on any atom is 0.261 e. The molecular formula is C15H17NO3S2. The number of aliphatic hydroxyl groups excluding tert-OH is 1. The molecule has 0 bridgehead atoms. The summed E-state index contributed by atoms with van der Waals surface area (Å²) in [5.74, 6) is 0.